The van der Waals surface area contributed by atoms with Gasteiger partial charge in [-0.1, -0.05) is 29.8 Å². The third-order valence-electron chi connectivity index (χ3n) is 5.80. The zero-order chi connectivity index (χ0) is 23.7. The minimum Gasteiger partial charge on any atom is -0.507 e. The molecular weight excluding hydrogens is 444 g/mol. The van der Waals surface area contributed by atoms with Crippen LogP contribution in [0.5, 0.6) is 5.75 Å². The van der Waals surface area contributed by atoms with E-state index in [0.29, 0.717) is 12.4 Å². The fourth-order valence-corrected chi connectivity index (χ4v) is 4.51. The van der Waals surface area contributed by atoms with Crippen molar-refractivity contribution in [3.05, 3.63) is 70.4 Å². The minimum absolute atomic E-state index is 0.0111. The first-order chi connectivity index (χ1) is 15.9. The summed E-state index contributed by atoms with van der Waals surface area (Å²) < 4.78 is 12.6. The topological polar surface area (TPSA) is 81.0 Å². The van der Waals surface area contributed by atoms with Gasteiger partial charge in [-0.3, -0.25) is 9.59 Å². The summed E-state index contributed by atoms with van der Waals surface area (Å²) in [7, 11) is 3.43. The number of nitrogens with zero attached hydrogens (tertiary/aromatic N) is 2. The van der Waals surface area contributed by atoms with E-state index in [4.69, 9.17) is 21.1 Å². The lowest BCUT2D eigenvalue weighted by Crippen LogP contribution is -2.32. The SMILES string of the molecule is CCOc1ccc(Cl)c(/C(O)=C2\C(=O)C(=O)N(CCOC)C2c2cn(C)c3ccccc23)c1. The van der Waals surface area contributed by atoms with E-state index in [1.165, 1.54) is 12.0 Å². The number of halogens is 1. The second kappa shape index (κ2) is 9.29. The van der Waals surface area contributed by atoms with Gasteiger partial charge in [0.25, 0.3) is 11.7 Å². The number of Topliss-reactive ketones (excluding diaryl/α,β-unsaturated/α-hetero) is 1. The van der Waals surface area contributed by atoms with Gasteiger partial charge in [-0.05, 0) is 31.2 Å². The summed E-state index contributed by atoms with van der Waals surface area (Å²) in [5, 5.41) is 12.5. The Bertz CT molecular complexity index is 1260. The van der Waals surface area contributed by atoms with Crippen molar-refractivity contribution in [1.29, 1.82) is 0 Å². The van der Waals surface area contributed by atoms with Crippen LogP contribution in [-0.4, -0.2) is 53.1 Å². The van der Waals surface area contributed by atoms with Crippen LogP contribution in [0.25, 0.3) is 16.7 Å². The maximum absolute atomic E-state index is 13.2. The standard InChI is InChI=1S/C25H25ClN2O5/c1-4-33-15-9-10-19(26)17(13-15)23(29)21-22(28(11-12-32-3)25(31)24(21)30)18-14-27(2)20-8-6-5-7-16(18)20/h5-10,13-14,22,29H,4,11-12H2,1-3H3/b23-21+. The third-order valence-corrected chi connectivity index (χ3v) is 6.13. The van der Waals surface area contributed by atoms with Crippen molar-refractivity contribution < 1.29 is 24.2 Å². The number of aromatic nitrogens is 1. The van der Waals surface area contributed by atoms with E-state index in [1.807, 2.05) is 49.0 Å². The van der Waals surface area contributed by atoms with Gasteiger partial charge in [0.15, 0.2) is 0 Å². The Kier molecular flexibility index (Phi) is 6.44. The van der Waals surface area contributed by atoms with Crippen LogP contribution in [0, 0.1) is 0 Å². The fourth-order valence-electron chi connectivity index (χ4n) is 4.30. The van der Waals surface area contributed by atoms with Crippen LogP contribution in [-0.2, 0) is 21.4 Å². The van der Waals surface area contributed by atoms with Gasteiger partial charge in [0, 0.05) is 48.9 Å². The van der Waals surface area contributed by atoms with E-state index < -0.39 is 17.7 Å². The predicted molar refractivity (Wildman–Crippen MR) is 126 cm³/mol. The number of benzene rings is 2. The highest BCUT2D eigenvalue weighted by Crippen LogP contribution is 2.43. The molecule has 0 saturated carbocycles. The monoisotopic (exact) mass is 468 g/mol. The van der Waals surface area contributed by atoms with Gasteiger partial charge in [0.2, 0.25) is 0 Å². The quantitative estimate of drug-likeness (QED) is 0.317. The summed E-state index contributed by atoms with van der Waals surface area (Å²) in [4.78, 5) is 27.7. The van der Waals surface area contributed by atoms with Gasteiger partial charge in [0.05, 0.1) is 29.9 Å². The van der Waals surface area contributed by atoms with Crippen molar-refractivity contribution in [3.63, 3.8) is 0 Å². The summed E-state index contributed by atoms with van der Waals surface area (Å²) in [5.74, 6) is -1.29. The van der Waals surface area contributed by atoms with E-state index in [0.717, 1.165) is 16.5 Å². The average Bonchev–Trinajstić information content (AvgIpc) is 3.27. The molecule has 1 atom stereocenters. The smallest absolute Gasteiger partial charge is 0.295 e. The first kappa shape index (κ1) is 22.9. The van der Waals surface area contributed by atoms with Crippen molar-refractivity contribution in [2.45, 2.75) is 13.0 Å². The normalized spacial score (nSPS) is 17.8. The molecule has 1 saturated heterocycles. The molecule has 2 heterocycles. The van der Waals surface area contributed by atoms with Gasteiger partial charge in [0.1, 0.15) is 11.5 Å². The number of fused-ring (bicyclic) bond motifs is 1. The highest BCUT2D eigenvalue weighted by atomic mass is 35.5. The summed E-state index contributed by atoms with van der Waals surface area (Å²) in [6.45, 7) is 2.71. The summed E-state index contributed by atoms with van der Waals surface area (Å²) in [5.41, 5.74) is 1.91. The van der Waals surface area contributed by atoms with Crippen LogP contribution in [0.15, 0.2) is 54.2 Å². The zero-order valence-corrected chi connectivity index (χ0v) is 19.4. The van der Waals surface area contributed by atoms with Crippen LogP contribution in [0.1, 0.15) is 24.1 Å². The van der Waals surface area contributed by atoms with Crippen molar-refractivity contribution >= 4 is 40.0 Å². The summed E-state index contributed by atoms with van der Waals surface area (Å²) in [6, 6.07) is 11.8. The molecular formula is C25H25ClN2O5. The molecule has 0 aliphatic carbocycles. The summed E-state index contributed by atoms with van der Waals surface area (Å²) in [6.07, 6.45) is 1.88. The molecule has 1 amide bonds. The van der Waals surface area contributed by atoms with Gasteiger partial charge >= 0.3 is 0 Å². The second-order valence-corrected chi connectivity index (χ2v) is 8.18. The number of ether oxygens (including phenoxy) is 2. The number of aliphatic hydroxyl groups is 1. The van der Waals surface area contributed by atoms with Crippen molar-refractivity contribution in [3.8, 4) is 5.75 Å². The predicted octanol–water partition coefficient (Wildman–Crippen LogP) is 4.30. The van der Waals surface area contributed by atoms with E-state index in [-0.39, 0.29) is 35.1 Å². The lowest BCUT2D eigenvalue weighted by Gasteiger charge is -2.24. The van der Waals surface area contributed by atoms with Gasteiger partial charge < -0.3 is 24.0 Å². The van der Waals surface area contributed by atoms with E-state index in [9.17, 15) is 14.7 Å². The number of carbonyl (C=O) groups excluding carboxylic acids is 2. The number of para-hydroxylation sites is 1. The second-order valence-electron chi connectivity index (χ2n) is 7.77. The van der Waals surface area contributed by atoms with E-state index in [2.05, 4.69) is 0 Å². The molecule has 1 aliphatic heterocycles. The number of aliphatic hydroxyl groups excluding tert-OH is 1. The molecule has 1 unspecified atom stereocenters. The number of carbonyl (C=O) groups is 2. The maximum Gasteiger partial charge on any atom is 0.295 e. The highest BCUT2D eigenvalue weighted by molar-refractivity contribution is 6.47. The van der Waals surface area contributed by atoms with Crippen molar-refractivity contribution in [1.82, 2.24) is 9.47 Å². The molecule has 1 fully saturated rings. The lowest BCUT2D eigenvalue weighted by molar-refractivity contribution is -0.140. The van der Waals surface area contributed by atoms with Gasteiger partial charge in [-0.25, -0.2) is 0 Å². The number of hydrogen-bond acceptors (Lipinski definition) is 5. The molecule has 0 bridgehead atoms. The van der Waals surface area contributed by atoms with Crippen LogP contribution in [0.3, 0.4) is 0 Å². The van der Waals surface area contributed by atoms with Gasteiger partial charge in [-0.15, -0.1) is 0 Å². The molecule has 1 aromatic heterocycles. The average molecular weight is 469 g/mol. The zero-order valence-electron chi connectivity index (χ0n) is 18.7. The number of ketones is 1. The maximum atomic E-state index is 13.2. The molecule has 8 heteroatoms. The first-order valence-electron chi connectivity index (χ1n) is 10.6. The Labute approximate surface area is 196 Å². The minimum atomic E-state index is -0.793. The number of methoxy groups -OCH3 is 1. The largest absolute Gasteiger partial charge is 0.507 e. The Morgan fingerprint density at radius 1 is 1.18 bits per heavy atom. The van der Waals surface area contributed by atoms with Crippen LogP contribution < -0.4 is 4.74 Å². The highest BCUT2D eigenvalue weighted by Gasteiger charge is 2.47. The number of amides is 1. The summed E-state index contributed by atoms with van der Waals surface area (Å²) >= 11 is 6.38. The Morgan fingerprint density at radius 3 is 2.67 bits per heavy atom. The Hall–Kier alpha value is -3.29. The molecule has 0 radical (unpaired) electrons. The number of hydrogen-bond donors (Lipinski definition) is 1. The number of rotatable bonds is 7. The third kappa shape index (κ3) is 3.98. The first-order valence-corrected chi connectivity index (χ1v) is 11.0. The van der Waals surface area contributed by atoms with Crippen LogP contribution in [0.4, 0.5) is 0 Å². The molecule has 1 aliphatic rings. The van der Waals surface area contributed by atoms with Gasteiger partial charge in [-0.2, -0.15) is 0 Å². The molecule has 0 spiro atoms. The molecule has 1 N–H and O–H groups in total. The van der Waals surface area contributed by atoms with Crippen LogP contribution >= 0.6 is 11.6 Å². The molecule has 2 aromatic carbocycles. The van der Waals surface area contributed by atoms with Crippen molar-refractivity contribution in [2.75, 3.05) is 26.9 Å². The molecule has 33 heavy (non-hydrogen) atoms. The fraction of sp³-hybridized carbons (Fsp3) is 0.280. The molecule has 4 rings (SSSR count). The van der Waals surface area contributed by atoms with E-state index in [1.54, 1.807) is 18.2 Å². The van der Waals surface area contributed by atoms with E-state index >= 15 is 0 Å². The van der Waals surface area contributed by atoms with Crippen LogP contribution in [0.2, 0.25) is 5.02 Å². The number of aryl methyl sites for hydroxylation is 1. The molecule has 3 aromatic rings. The Morgan fingerprint density at radius 2 is 1.94 bits per heavy atom. The number of likely N-dealkylation sites (tertiary alicyclic amines) is 1. The molecule has 172 valence electrons. The van der Waals surface area contributed by atoms with Crippen molar-refractivity contribution in [2.24, 2.45) is 7.05 Å². The lowest BCUT2D eigenvalue weighted by atomic mass is 9.95. The molecule has 7 nitrogen and oxygen atoms in total. The Balaban J connectivity index is 1.96.